The van der Waals surface area contributed by atoms with E-state index in [0.29, 0.717) is 0 Å². The second-order valence-corrected chi connectivity index (χ2v) is 2.27. The van der Waals surface area contributed by atoms with Crippen LogP contribution in [0.3, 0.4) is 0 Å². The van der Waals surface area contributed by atoms with E-state index in [-0.39, 0.29) is 13.1 Å². The number of nitrogens with two attached hydrogens (primary N) is 2. The lowest BCUT2D eigenvalue weighted by atomic mass is 9.92. The van der Waals surface area contributed by atoms with Gasteiger partial charge in [-0.3, -0.25) is 4.79 Å². The first-order valence-electron chi connectivity index (χ1n) is 2.70. The highest BCUT2D eigenvalue weighted by Crippen LogP contribution is 2.10. The van der Waals surface area contributed by atoms with Crippen LogP contribution in [0.25, 0.3) is 0 Å². The van der Waals surface area contributed by atoms with Crippen molar-refractivity contribution in [3.05, 3.63) is 0 Å². The van der Waals surface area contributed by atoms with Crippen molar-refractivity contribution in [1.82, 2.24) is 0 Å². The van der Waals surface area contributed by atoms with Gasteiger partial charge in [0.05, 0.1) is 5.41 Å². The van der Waals surface area contributed by atoms with Crippen molar-refractivity contribution in [3.8, 4) is 0 Å². The fourth-order valence-corrected chi connectivity index (χ4v) is 0.258. The van der Waals surface area contributed by atoms with Gasteiger partial charge in [-0.25, -0.2) is 0 Å². The second kappa shape index (κ2) is 2.80. The van der Waals surface area contributed by atoms with Crippen LogP contribution in [0.2, 0.25) is 0 Å². The highest BCUT2D eigenvalue weighted by Gasteiger charge is 2.29. The lowest BCUT2D eigenvalue weighted by Gasteiger charge is -2.19. The third kappa shape index (κ3) is 1.65. The average molecular weight is 132 g/mol. The van der Waals surface area contributed by atoms with Crippen LogP contribution in [-0.2, 0) is 4.79 Å². The molecule has 0 amide bonds. The summed E-state index contributed by atoms with van der Waals surface area (Å²) in [7, 11) is 0. The van der Waals surface area contributed by atoms with Crippen molar-refractivity contribution in [2.24, 2.45) is 16.9 Å². The highest BCUT2D eigenvalue weighted by atomic mass is 16.4. The first-order valence-corrected chi connectivity index (χ1v) is 2.70. The molecule has 5 N–H and O–H groups in total. The third-order valence-corrected chi connectivity index (χ3v) is 1.42. The van der Waals surface area contributed by atoms with E-state index in [0.717, 1.165) is 0 Å². The molecular formula is C5H12N2O2. The van der Waals surface area contributed by atoms with Crippen molar-refractivity contribution in [2.45, 2.75) is 6.92 Å². The Labute approximate surface area is 53.8 Å². The van der Waals surface area contributed by atoms with E-state index in [1.54, 1.807) is 0 Å². The van der Waals surface area contributed by atoms with Crippen molar-refractivity contribution in [3.63, 3.8) is 0 Å². The molecule has 9 heavy (non-hydrogen) atoms. The molecule has 0 bridgehead atoms. The van der Waals surface area contributed by atoms with Crippen molar-refractivity contribution >= 4 is 5.97 Å². The average Bonchev–Trinajstić information content (AvgIpc) is 1.86. The summed E-state index contributed by atoms with van der Waals surface area (Å²) in [4.78, 5) is 10.3. The molecule has 0 heterocycles. The molecule has 4 nitrogen and oxygen atoms in total. The molecule has 0 aliphatic rings. The largest absolute Gasteiger partial charge is 0.481 e. The normalized spacial score (nSPS) is 11.4. The zero-order valence-electron chi connectivity index (χ0n) is 5.42. The molecule has 0 spiro atoms. The number of carboxylic acid groups (broad SMARTS) is 1. The van der Waals surface area contributed by atoms with Gasteiger partial charge < -0.3 is 16.6 Å². The summed E-state index contributed by atoms with van der Waals surface area (Å²) in [6.45, 7) is 1.69. The van der Waals surface area contributed by atoms with E-state index >= 15 is 0 Å². The van der Waals surface area contributed by atoms with E-state index in [1.807, 2.05) is 0 Å². The van der Waals surface area contributed by atoms with E-state index < -0.39 is 11.4 Å². The molecule has 0 saturated carbocycles. The van der Waals surface area contributed by atoms with Crippen LogP contribution in [0.1, 0.15) is 6.92 Å². The van der Waals surface area contributed by atoms with Crippen LogP contribution in [0, 0.1) is 5.41 Å². The summed E-state index contributed by atoms with van der Waals surface area (Å²) in [6, 6.07) is 0. The van der Waals surface area contributed by atoms with Crippen LogP contribution in [-0.4, -0.2) is 24.2 Å². The third-order valence-electron chi connectivity index (χ3n) is 1.42. The maximum atomic E-state index is 10.3. The molecule has 4 heteroatoms. The van der Waals surface area contributed by atoms with Crippen molar-refractivity contribution in [1.29, 1.82) is 0 Å². The van der Waals surface area contributed by atoms with Crippen LogP contribution in [0.4, 0.5) is 0 Å². The lowest BCUT2D eigenvalue weighted by Crippen LogP contribution is -2.42. The molecule has 0 aromatic heterocycles. The summed E-state index contributed by atoms with van der Waals surface area (Å²) < 4.78 is 0. The van der Waals surface area contributed by atoms with Gasteiger partial charge >= 0.3 is 5.97 Å². The number of rotatable bonds is 3. The molecule has 0 aliphatic carbocycles. The smallest absolute Gasteiger partial charge is 0.311 e. The predicted octanol–water partition coefficient (Wildman–Crippen LogP) is -1.01. The molecule has 0 fully saturated rings. The zero-order chi connectivity index (χ0) is 7.49. The zero-order valence-corrected chi connectivity index (χ0v) is 5.42. The molecule has 0 radical (unpaired) electrons. The number of aliphatic carboxylic acids is 1. The molecule has 0 aromatic carbocycles. The topological polar surface area (TPSA) is 89.3 Å². The fourth-order valence-electron chi connectivity index (χ4n) is 0.258. The van der Waals surface area contributed by atoms with Gasteiger partial charge in [0.25, 0.3) is 0 Å². The van der Waals surface area contributed by atoms with Crippen LogP contribution in [0.15, 0.2) is 0 Å². The van der Waals surface area contributed by atoms with Gasteiger partial charge in [-0.2, -0.15) is 0 Å². The minimum atomic E-state index is -0.944. The maximum Gasteiger partial charge on any atom is 0.311 e. The van der Waals surface area contributed by atoms with Crippen LogP contribution in [0.5, 0.6) is 0 Å². The van der Waals surface area contributed by atoms with Crippen LogP contribution < -0.4 is 11.5 Å². The molecular weight excluding hydrogens is 120 g/mol. The Morgan fingerprint density at radius 3 is 1.89 bits per heavy atom. The quantitative estimate of drug-likeness (QED) is 0.459. The predicted molar refractivity (Wildman–Crippen MR) is 33.9 cm³/mol. The monoisotopic (exact) mass is 132 g/mol. The summed E-state index contributed by atoms with van der Waals surface area (Å²) in [6.07, 6.45) is 0. The Balaban J connectivity index is 4.09. The first-order chi connectivity index (χ1) is 4.06. The second-order valence-electron chi connectivity index (χ2n) is 2.27. The molecule has 0 rings (SSSR count). The van der Waals surface area contributed by atoms with Crippen LogP contribution >= 0.6 is 0 Å². The van der Waals surface area contributed by atoms with Gasteiger partial charge in [0, 0.05) is 13.1 Å². The van der Waals surface area contributed by atoms with E-state index in [1.165, 1.54) is 6.92 Å². The Morgan fingerprint density at radius 1 is 1.56 bits per heavy atom. The maximum absolute atomic E-state index is 10.3. The highest BCUT2D eigenvalue weighted by molar-refractivity contribution is 5.74. The van der Waals surface area contributed by atoms with Gasteiger partial charge in [0.1, 0.15) is 0 Å². The summed E-state index contributed by atoms with van der Waals surface area (Å²) >= 11 is 0. The van der Waals surface area contributed by atoms with E-state index in [4.69, 9.17) is 16.6 Å². The van der Waals surface area contributed by atoms with Gasteiger partial charge in [-0.1, -0.05) is 0 Å². The Bertz CT molecular complexity index is 110. The Hall–Kier alpha value is -0.610. The minimum Gasteiger partial charge on any atom is -0.481 e. The van der Waals surface area contributed by atoms with Gasteiger partial charge in [-0.15, -0.1) is 0 Å². The number of hydrogen-bond donors (Lipinski definition) is 3. The van der Waals surface area contributed by atoms with Crippen molar-refractivity contribution in [2.75, 3.05) is 13.1 Å². The summed E-state index contributed by atoms with van der Waals surface area (Å²) in [5, 5.41) is 8.47. The number of hydrogen-bond acceptors (Lipinski definition) is 3. The Morgan fingerprint density at radius 2 is 1.89 bits per heavy atom. The molecule has 54 valence electrons. The SMILES string of the molecule is CC(CN)(CN)C(=O)O. The number of carbonyl (C=O) groups is 1. The first kappa shape index (κ1) is 8.39. The standard InChI is InChI=1S/C5H12N2O2/c1-5(2-6,3-7)4(8)9/h2-3,6-7H2,1H3,(H,8,9). The lowest BCUT2D eigenvalue weighted by molar-refractivity contribution is -0.146. The number of carboxylic acids is 1. The van der Waals surface area contributed by atoms with Gasteiger partial charge in [0.15, 0.2) is 0 Å². The fraction of sp³-hybridized carbons (Fsp3) is 0.800. The molecule has 0 unspecified atom stereocenters. The van der Waals surface area contributed by atoms with E-state index in [2.05, 4.69) is 0 Å². The molecule has 0 saturated heterocycles. The van der Waals surface area contributed by atoms with Gasteiger partial charge in [0.2, 0.25) is 0 Å². The Kier molecular flexibility index (Phi) is 2.61. The summed E-state index contributed by atoms with van der Waals surface area (Å²) in [5.74, 6) is -0.937. The minimum absolute atomic E-state index is 0.0822. The molecule has 0 aliphatic heterocycles. The molecule has 0 aromatic rings. The summed E-state index contributed by atoms with van der Waals surface area (Å²) in [5.41, 5.74) is 9.37. The molecule has 0 atom stereocenters. The van der Waals surface area contributed by atoms with Gasteiger partial charge in [-0.05, 0) is 6.92 Å². The van der Waals surface area contributed by atoms with Crippen molar-refractivity contribution < 1.29 is 9.90 Å². The van der Waals surface area contributed by atoms with E-state index in [9.17, 15) is 4.79 Å².